The lowest BCUT2D eigenvalue weighted by atomic mass is 10.2. The summed E-state index contributed by atoms with van der Waals surface area (Å²) in [4.78, 5) is 21.3. The molecule has 7 nitrogen and oxygen atoms in total. The Hall–Kier alpha value is -1.18. The van der Waals surface area contributed by atoms with Crippen LogP contribution in [0.5, 0.6) is 0 Å². The first-order chi connectivity index (χ1) is 8.00. The van der Waals surface area contributed by atoms with Crippen molar-refractivity contribution in [2.75, 3.05) is 13.2 Å². The van der Waals surface area contributed by atoms with Crippen molar-refractivity contribution in [3.63, 3.8) is 0 Å². The van der Waals surface area contributed by atoms with E-state index in [1.165, 1.54) is 0 Å². The summed E-state index contributed by atoms with van der Waals surface area (Å²) in [5.41, 5.74) is 0. The number of aliphatic carboxylic acids is 1. The van der Waals surface area contributed by atoms with E-state index >= 15 is 0 Å². The van der Waals surface area contributed by atoms with Crippen LogP contribution < -0.4 is 0 Å². The fourth-order valence-electron chi connectivity index (χ4n) is 1.09. The zero-order chi connectivity index (χ0) is 13.3. The number of ether oxygens (including phenoxy) is 1. The molecule has 0 spiro atoms. The molecule has 0 rings (SSSR count). The van der Waals surface area contributed by atoms with E-state index in [9.17, 15) is 9.59 Å². The third-order valence-corrected chi connectivity index (χ3v) is 2.09. The van der Waals surface area contributed by atoms with Gasteiger partial charge < -0.3 is 25.2 Å². The molecule has 7 heteroatoms. The molecule has 0 aromatic rings. The first-order valence-corrected chi connectivity index (χ1v) is 5.37. The van der Waals surface area contributed by atoms with Gasteiger partial charge in [-0.2, -0.15) is 0 Å². The zero-order valence-corrected chi connectivity index (χ0v) is 9.41. The fourth-order valence-corrected chi connectivity index (χ4v) is 1.09. The molecular weight excluding hydrogens is 232 g/mol. The van der Waals surface area contributed by atoms with E-state index in [4.69, 9.17) is 20.4 Å². The third-order valence-electron chi connectivity index (χ3n) is 2.09. The SMILES string of the molecule is O=C(O)C(O)C(O)C(=O)OCCCCCCO. The quantitative estimate of drug-likeness (QED) is 0.302. The van der Waals surface area contributed by atoms with E-state index in [1.807, 2.05) is 0 Å². The number of carboxylic acid groups (broad SMARTS) is 1. The van der Waals surface area contributed by atoms with E-state index in [0.29, 0.717) is 12.8 Å². The first-order valence-electron chi connectivity index (χ1n) is 5.37. The highest BCUT2D eigenvalue weighted by Crippen LogP contribution is 2.02. The van der Waals surface area contributed by atoms with Gasteiger partial charge in [-0.25, -0.2) is 9.59 Å². The summed E-state index contributed by atoms with van der Waals surface area (Å²) in [6.07, 6.45) is -1.45. The van der Waals surface area contributed by atoms with Crippen molar-refractivity contribution in [1.29, 1.82) is 0 Å². The number of carbonyl (C=O) groups excluding carboxylic acids is 1. The molecule has 0 aromatic heterocycles. The molecule has 0 aliphatic rings. The maximum absolute atomic E-state index is 11.0. The highest BCUT2D eigenvalue weighted by Gasteiger charge is 2.31. The van der Waals surface area contributed by atoms with Gasteiger partial charge in [0, 0.05) is 6.61 Å². The molecule has 100 valence electrons. The average molecular weight is 250 g/mol. The van der Waals surface area contributed by atoms with E-state index in [-0.39, 0.29) is 13.2 Å². The number of aliphatic hydroxyl groups excluding tert-OH is 3. The van der Waals surface area contributed by atoms with Crippen LogP contribution in [0.25, 0.3) is 0 Å². The van der Waals surface area contributed by atoms with Crippen LogP contribution in [0.4, 0.5) is 0 Å². The van der Waals surface area contributed by atoms with Gasteiger partial charge in [0.15, 0.2) is 12.2 Å². The second-order valence-electron chi connectivity index (χ2n) is 3.53. The summed E-state index contributed by atoms with van der Waals surface area (Å²) in [5, 5.41) is 34.7. The van der Waals surface area contributed by atoms with Gasteiger partial charge in [0.25, 0.3) is 0 Å². The van der Waals surface area contributed by atoms with Gasteiger partial charge in [0.05, 0.1) is 6.61 Å². The van der Waals surface area contributed by atoms with Crippen LogP contribution in [0.15, 0.2) is 0 Å². The topological polar surface area (TPSA) is 124 Å². The second kappa shape index (κ2) is 8.91. The number of esters is 1. The maximum atomic E-state index is 11.0. The molecule has 2 atom stereocenters. The van der Waals surface area contributed by atoms with Crippen molar-refractivity contribution >= 4 is 11.9 Å². The van der Waals surface area contributed by atoms with Gasteiger partial charge in [-0.15, -0.1) is 0 Å². The first kappa shape index (κ1) is 15.8. The molecule has 0 bridgehead atoms. The van der Waals surface area contributed by atoms with Gasteiger partial charge in [-0.3, -0.25) is 0 Å². The van der Waals surface area contributed by atoms with Crippen LogP contribution in [0.2, 0.25) is 0 Å². The van der Waals surface area contributed by atoms with E-state index in [1.54, 1.807) is 0 Å². The molecule has 0 aliphatic carbocycles. The minimum Gasteiger partial charge on any atom is -0.479 e. The van der Waals surface area contributed by atoms with Crippen molar-refractivity contribution in [3.8, 4) is 0 Å². The monoisotopic (exact) mass is 250 g/mol. The molecule has 2 unspecified atom stereocenters. The van der Waals surface area contributed by atoms with E-state index in [2.05, 4.69) is 4.74 Å². The van der Waals surface area contributed by atoms with Crippen LogP contribution in [0.1, 0.15) is 25.7 Å². The van der Waals surface area contributed by atoms with Gasteiger partial charge in [0.1, 0.15) is 0 Å². The minimum absolute atomic E-state index is 0.0493. The Morgan fingerprint density at radius 1 is 1.00 bits per heavy atom. The third kappa shape index (κ3) is 6.88. The van der Waals surface area contributed by atoms with E-state index < -0.39 is 24.1 Å². The highest BCUT2D eigenvalue weighted by molar-refractivity contribution is 5.84. The molecule has 0 heterocycles. The lowest BCUT2D eigenvalue weighted by Gasteiger charge is -2.12. The lowest BCUT2D eigenvalue weighted by Crippen LogP contribution is -2.40. The second-order valence-corrected chi connectivity index (χ2v) is 3.53. The number of rotatable bonds is 9. The van der Waals surface area contributed by atoms with Gasteiger partial charge in [-0.05, 0) is 19.3 Å². The molecule has 0 saturated carbocycles. The Morgan fingerprint density at radius 3 is 2.12 bits per heavy atom. The predicted molar refractivity (Wildman–Crippen MR) is 56.2 cm³/mol. The Kier molecular flexibility index (Phi) is 8.29. The molecule has 4 N–H and O–H groups in total. The highest BCUT2D eigenvalue weighted by atomic mass is 16.5. The van der Waals surface area contributed by atoms with Crippen LogP contribution >= 0.6 is 0 Å². The number of hydrogen-bond acceptors (Lipinski definition) is 6. The predicted octanol–water partition coefficient (Wildman–Crippen LogP) is -1.11. The molecule has 0 amide bonds. The number of carbonyl (C=O) groups is 2. The Labute approximate surface area is 98.6 Å². The number of aliphatic hydroxyl groups is 3. The van der Waals surface area contributed by atoms with Crippen molar-refractivity contribution in [2.24, 2.45) is 0 Å². The van der Waals surface area contributed by atoms with Crippen LogP contribution in [-0.2, 0) is 14.3 Å². The largest absolute Gasteiger partial charge is 0.479 e. The molecule has 0 saturated heterocycles. The summed E-state index contributed by atoms with van der Waals surface area (Å²) < 4.78 is 4.58. The van der Waals surface area contributed by atoms with Crippen molar-refractivity contribution < 1.29 is 34.8 Å². The summed E-state index contributed by atoms with van der Waals surface area (Å²) in [5.74, 6) is -2.83. The lowest BCUT2D eigenvalue weighted by molar-refractivity contribution is -0.169. The molecular formula is C10H18O7. The van der Waals surface area contributed by atoms with E-state index in [0.717, 1.165) is 12.8 Å². The van der Waals surface area contributed by atoms with Crippen molar-refractivity contribution in [1.82, 2.24) is 0 Å². The maximum Gasteiger partial charge on any atom is 0.338 e. The Bertz CT molecular complexity index is 241. The summed E-state index contributed by atoms with van der Waals surface area (Å²) >= 11 is 0. The molecule has 0 aromatic carbocycles. The number of carboxylic acids is 1. The zero-order valence-electron chi connectivity index (χ0n) is 9.41. The summed E-state index contributed by atoms with van der Waals surface area (Å²) in [6, 6.07) is 0. The Balaban J connectivity index is 3.68. The standard InChI is InChI=1S/C10H18O7/c11-5-3-1-2-4-6-17-10(16)8(13)7(12)9(14)15/h7-8,11-13H,1-6H2,(H,14,15). The van der Waals surface area contributed by atoms with Gasteiger partial charge in [0.2, 0.25) is 0 Å². The normalized spacial score (nSPS) is 14.1. The van der Waals surface area contributed by atoms with Crippen LogP contribution in [0, 0.1) is 0 Å². The average Bonchev–Trinajstić information content (AvgIpc) is 2.31. The molecule has 0 fully saturated rings. The van der Waals surface area contributed by atoms with Crippen molar-refractivity contribution in [3.05, 3.63) is 0 Å². The smallest absolute Gasteiger partial charge is 0.338 e. The van der Waals surface area contributed by atoms with Crippen molar-refractivity contribution in [2.45, 2.75) is 37.9 Å². The minimum atomic E-state index is -2.17. The molecule has 0 radical (unpaired) electrons. The molecule has 17 heavy (non-hydrogen) atoms. The van der Waals surface area contributed by atoms with Crippen LogP contribution in [0.3, 0.4) is 0 Å². The Morgan fingerprint density at radius 2 is 1.59 bits per heavy atom. The van der Waals surface area contributed by atoms with Gasteiger partial charge >= 0.3 is 11.9 Å². The van der Waals surface area contributed by atoms with Crippen LogP contribution in [-0.4, -0.2) is 57.8 Å². The van der Waals surface area contributed by atoms with Gasteiger partial charge in [-0.1, -0.05) is 6.42 Å². The summed E-state index contributed by atoms with van der Waals surface area (Å²) in [7, 11) is 0. The number of hydrogen-bond donors (Lipinski definition) is 4. The number of unbranched alkanes of at least 4 members (excludes halogenated alkanes) is 3. The summed E-state index contributed by atoms with van der Waals surface area (Å²) in [6.45, 7) is 0.164. The fraction of sp³-hybridized carbons (Fsp3) is 0.800. The molecule has 0 aliphatic heterocycles.